The minimum Gasteiger partial charge on any atom is -0.461 e. The summed E-state index contributed by atoms with van der Waals surface area (Å²) in [6.07, 6.45) is 0.910. The summed E-state index contributed by atoms with van der Waals surface area (Å²) < 4.78 is 6.86. The van der Waals surface area contributed by atoms with E-state index in [9.17, 15) is 9.59 Å². The molecular weight excluding hydrogens is 390 g/mol. The third-order valence-electron chi connectivity index (χ3n) is 5.25. The summed E-state index contributed by atoms with van der Waals surface area (Å²) in [6.45, 7) is 8.76. The number of amides is 1. The summed E-state index contributed by atoms with van der Waals surface area (Å²) in [6, 6.07) is 17.1. The number of benzene rings is 2. The van der Waals surface area contributed by atoms with Crippen molar-refractivity contribution in [3.8, 4) is 5.69 Å². The number of ether oxygens (including phenoxy) is 1. The molecule has 6 heteroatoms. The average Bonchev–Trinajstić information content (AvgIpc) is 3.23. The lowest BCUT2D eigenvalue weighted by Gasteiger charge is -2.13. The molecule has 0 radical (unpaired) electrons. The Kier molecular flexibility index (Phi) is 7.23. The van der Waals surface area contributed by atoms with E-state index in [1.807, 2.05) is 37.3 Å². The standard InChI is InChI=1S/C25H29N3O3/c1-5-18(4)23-15-22(25(30)31-6-2)27-28(23)21-12-10-20(11-13-21)24(29)26-16-19-9-7-8-17(3)14-19/h7-15,18H,5-6,16H2,1-4H3,(H,26,29). The second-order valence-corrected chi connectivity index (χ2v) is 7.61. The third kappa shape index (κ3) is 5.40. The van der Waals surface area contributed by atoms with Crippen LogP contribution in [0.5, 0.6) is 0 Å². The van der Waals surface area contributed by atoms with E-state index in [1.54, 1.807) is 29.8 Å². The number of esters is 1. The normalized spacial score (nSPS) is 11.7. The Morgan fingerprint density at radius 1 is 1.10 bits per heavy atom. The molecule has 1 aromatic heterocycles. The molecule has 0 saturated carbocycles. The first kappa shape index (κ1) is 22.3. The maximum atomic E-state index is 12.5. The lowest BCUT2D eigenvalue weighted by Crippen LogP contribution is -2.22. The Bertz CT molecular complexity index is 1050. The Morgan fingerprint density at radius 2 is 1.84 bits per heavy atom. The summed E-state index contributed by atoms with van der Waals surface area (Å²) in [5.41, 5.74) is 4.81. The van der Waals surface area contributed by atoms with Crippen molar-refractivity contribution >= 4 is 11.9 Å². The fraction of sp³-hybridized carbons (Fsp3) is 0.320. The molecule has 1 atom stereocenters. The van der Waals surface area contributed by atoms with Gasteiger partial charge in [0.05, 0.1) is 12.3 Å². The van der Waals surface area contributed by atoms with Gasteiger partial charge in [0.2, 0.25) is 0 Å². The van der Waals surface area contributed by atoms with Crippen LogP contribution in [0.4, 0.5) is 0 Å². The van der Waals surface area contributed by atoms with Crippen LogP contribution in [-0.2, 0) is 11.3 Å². The van der Waals surface area contributed by atoms with Crippen molar-refractivity contribution in [2.75, 3.05) is 6.61 Å². The lowest BCUT2D eigenvalue weighted by molar-refractivity contribution is 0.0518. The van der Waals surface area contributed by atoms with Gasteiger partial charge in [-0.05, 0) is 62.1 Å². The van der Waals surface area contributed by atoms with Gasteiger partial charge in [-0.1, -0.05) is 43.7 Å². The SMILES string of the molecule is CCOC(=O)c1cc(C(C)CC)n(-c2ccc(C(=O)NCc3cccc(C)c3)cc2)n1. The molecule has 1 heterocycles. The fourth-order valence-electron chi connectivity index (χ4n) is 3.33. The number of carbonyl (C=O) groups is 2. The van der Waals surface area contributed by atoms with Crippen LogP contribution in [0, 0.1) is 6.92 Å². The molecule has 31 heavy (non-hydrogen) atoms. The van der Waals surface area contributed by atoms with Crippen LogP contribution in [0.3, 0.4) is 0 Å². The first-order chi connectivity index (χ1) is 14.9. The summed E-state index contributed by atoms with van der Waals surface area (Å²) in [4.78, 5) is 24.7. The van der Waals surface area contributed by atoms with Gasteiger partial charge in [-0.25, -0.2) is 9.48 Å². The molecule has 0 aliphatic heterocycles. The molecule has 3 aromatic rings. The molecular formula is C25H29N3O3. The number of hydrogen-bond acceptors (Lipinski definition) is 4. The highest BCUT2D eigenvalue weighted by Crippen LogP contribution is 2.24. The number of nitrogens with one attached hydrogen (secondary N) is 1. The summed E-state index contributed by atoms with van der Waals surface area (Å²) in [5, 5.41) is 7.42. The molecule has 0 fully saturated rings. The van der Waals surface area contributed by atoms with Crippen molar-refractivity contribution in [1.82, 2.24) is 15.1 Å². The van der Waals surface area contributed by atoms with E-state index in [2.05, 4.69) is 30.3 Å². The van der Waals surface area contributed by atoms with Gasteiger partial charge >= 0.3 is 5.97 Å². The minimum absolute atomic E-state index is 0.136. The Hall–Kier alpha value is -3.41. The largest absolute Gasteiger partial charge is 0.461 e. The second-order valence-electron chi connectivity index (χ2n) is 7.61. The topological polar surface area (TPSA) is 73.2 Å². The smallest absolute Gasteiger partial charge is 0.358 e. The van der Waals surface area contributed by atoms with E-state index >= 15 is 0 Å². The molecule has 0 bridgehead atoms. The number of aryl methyl sites for hydroxylation is 1. The van der Waals surface area contributed by atoms with Crippen LogP contribution in [0.15, 0.2) is 54.6 Å². The average molecular weight is 420 g/mol. The molecule has 0 saturated heterocycles. The van der Waals surface area contributed by atoms with Crippen molar-refractivity contribution in [3.05, 3.63) is 82.7 Å². The molecule has 3 rings (SSSR count). The van der Waals surface area contributed by atoms with E-state index < -0.39 is 5.97 Å². The molecule has 1 unspecified atom stereocenters. The molecule has 1 amide bonds. The number of nitrogens with zero attached hydrogens (tertiary/aromatic N) is 2. The monoisotopic (exact) mass is 419 g/mol. The lowest BCUT2D eigenvalue weighted by atomic mass is 10.0. The van der Waals surface area contributed by atoms with Crippen LogP contribution < -0.4 is 5.32 Å². The number of aromatic nitrogens is 2. The maximum absolute atomic E-state index is 12.5. The van der Waals surface area contributed by atoms with Gasteiger partial charge in [-0.2, -0.15) is 5.10 Å². The van der Waals surface area contributed by atoms with Crippen LogP contribution in [0.2, 0.25) is 0 Å². The van der Waals surface area contributed by atoms with Crippen LogP contribution in [-0.4, -0.2) is 28.3 Å². The van der Waals surface area contributed by atoms with Crippen LogP contribution in [0.25, 0.3) is 5.69 Å². The van der Waals surface area contributed by atoms with Gasteiger partial charge < -0.3 is 10.1 Å². The highest BCUT2D eigenvalue weighted by atomic mass is 16.5. The van der Waals surface area contributed by atoms with E-state index in [1.165, 1.54) is 0 Å². The van der Waals surface area contributed by atoms with E-state index in [0.29, 0.717) is 18.7 Å². The Morgan fingerprint density at radius 3 is 2.48 bits per heavy atom. The van der Waals surface area contributed by atoms with Gasteiger partial charge in [-0.15, -0.1) is 0 Å². The third-order valence-corrected chi connectivity index (χ3v) is 5.25. The number of carbonyl (C=O) groups excluding carboxylic acids is 2. The second kappa shape index (κ2) is 10.1. The predicted octanol–water partition coefficient (Wildman–Crippen LogP) is 4.80. The molecule has 1 N–H and O–H groups in total. The summed E-state index contributed by atoms with van der Waals surface area (Å²) in [5.74, 6) is -0.353. The zero-order chi connectivity index (χ0) is 22.4. The van der Waals surface area contributed by atoms with Crippen molar-refractivity contribution in [3.63, 3.8) is 0 Å². The first-order valence-corrected chi connectivity index (χ1v) is 10.6. The minimum atomic E-state index is -0.432. The van der Waals surface area contributed by atoms with E-state index in [4.69, 9.17) is 4.74 Å². The number of hydrogen-bond donors (Lipinski definition) is 1. The van der Waals surface area contributed by atoms with E-state index in [-0.39, 0.29) is 17.5 Å². The van der Waals surface area contributed by atoms with Crippen LogP contribution in [0.1, 0.15) is 70.8 Å². The molecule has 0 aliphatic rings. The quantitative estimate of drug-likeness (QED) is 0.532. The molecule has 2 aromatic carbocycles. The van der Waals surface area contributed by atoms with E-state index in [0.717, 1.165) is 28.9 Å². The fourth-order valence-corrected chi connectivity index (χ4v) is 3.33. The first-order valence-electron chi connectivity index (χ1n) is 10.6. The van der Waals surface area contributed by atoms with Gasteiger partial charge in [0.1, 0.15) is 0 Å². The zero-order valence-electron chi connectivity index (χ0n) is 18.5. The van der Waals surface area contributed by atoms with Crippen molar-refractivity contribution in [2.45, 2.75) is 46.6 Å². The molecule has 0 spiro atoms. The molecule has 6 nitrogen and oxygen atoms in total. The Labute approximate surface area is 183 Å². The van der Waals surface area contributed by atoms with Crippen molar-refractivity contribution in [2.24, 2.45) is 0 Å². The van der Waals surface area contributed by atoms with Gasteiger partial charge in [0.25, 0.3) is 5.91 Å². The highest BCUT2D eigenvalue weighted by Gasteiger charge is 2.19. The van der Waals surface area contributed by atoms with Crippen LogP contribution >= 0.6 is 0 Å². The van der Waals surface area contributed by atoms with Gasteiger partial charge in [0.15, 0.2) is 5.69 Å². The van der Waals surface area contributed by atoms with Crippen molar-refractivity contribution in [1.29, 1.82) is 0 Å². The Balaban J connectivity index is 1.78. The zero-order valence-corrected chi connectivity index (χ0v) is 18.5. The highest BCUT2D eigenvalue weighted by molar-refractivity contribution is 5.94. The predicted molar refractivity (Wildman–Crippen MR) is 121 cm³/mol. The summed E-state index contributed by atoms with van der Waals surface area (Å²) in [7, 11) is 0. The van der Waals surface area contributed by atoms with Gasteiger partial charge in [-0.3, -0.25) is 4.79 Å². The molecule has 0 aliphatic carbocycles. The van der Waals surface area contributed by atoms with Crippen molar-refractivity contribution < 1.29 is 14.3 Å². The maximum Gasteiger partial charge on any atom is 0.358 e. The molecule has 162 valence electrons. The summed E-state index contributed by atoms with van der Waals surface area (Å²) >= 11 is 0. The number of rotatable bonds is 8. The van der Waals surface area contributed by atoms with Gasteiger partial charge in [0, 0.05) is 17.8 Å².